The molecule has 0 bridgehead atoms. The summed E-state index contributed by atoms with van der Waals surface area (Å²) in [6.45, 7) is 3.35. The lowest BCUT2D eigenvalue weighted by atomic mass is 10.1. The van der Waals surface area contributed by atoms with E-state index in [0.29, 0.717) is 45.2 Å². The Kier molecular flexibility index (Phi) is 5.47. The van der Waals surface area contributed by atoms with E-state index in [4.69, 9.17) is 20.3 Å². The zero-order chi connectivity index (χ0) is 23.8. The first kappa shape index (κ1) is 21.6. The van der Waals surface area contributed by atoms with Crippen molar-refractivity contribution in [2.24, 2.45) is 0 Å². The van der Waals surface area contributed by atoms with Crippen LogP contribution in [0.1, 0.15) is 49.1 Å². The minimum Gasteiger partial charge on any atom is -0.398 e. The molecular formula is C24H23N7O3. The van der Waals surface area contributed by atoms with E-state index in [0.717, 1.165) is 12.8 Å². The van der Waals surface area contributed by atoms with E-state index < -0.39 is 0 Å². The van der Waals surface area contributed by atoms with Crippen molar-refractivity contribution in [2.75, 3.05) is 17.7 Å². The van der Waals surface area contributed by atoms with E-state index in [1.165, 1.54) is 0 Å². The maximum absolute atomic E-state index is 13.6. The summed E-state index contributed by atoms with van der Waals surface area (Å²) >= 11 is 0. The molecular weight excluding hydrogens is 434 g/mol. The Balaban J connectivity index is 1.62. The molecule has 3 heterocycles. The van der Waals surface area contributed by atoms with Gasteiger partial charge in [-0.05, 0) is 44.9 Å². The first-order chi connectivity index (χ1) is 16.5. The summed E-state index contributed by atoms with van der Waals surface area (Å²) in [6, 6.07) is 6.71. The highest BCUT2D eigenvalue weighted by atomic mass is 16.5. The highest BCUT2D eigenvalue weighted by molar-refractivity contribution is 5.85. The van der Waals surface area contributed by atoms with Crippen molar-refractivity contribution in [1.82, 2.24) is 24.7 Å². The summed E-state index contributed by atoms with van der Waals surface area (Å²) in [5.41, 5.74) is 8.10. The molecule has 172 valence electrons. The zero-order valence-electron chi connectivity index (χ0n) is 18.7. The van der Waals surface area contributed by atoms with Gasteiger partial charge in [-0.3, -0.25) is 9.36 Å². The van der Waals surface area contributed by atoms with Crippen LogP contribution in [-0.2, 0) is 0 Å². The molecule has 1 fully saturated rings. The van der Waals surface area contributed by atoms with Crippen molar-refractivity contribution < 1.29 is 9.63 Å². The van der Waals surface area contributed by atoms with Crippen LogP contribution in [-0.4, -0.2) is 36.4 Å². The summed E-state index contributed by atoms with van der Waals surface area (Å²) in [7, 11) is 0. The molecule has 0 saturated heterocycles. The number of benzene rings is 1. The van der Waals surface area contributed by atoms with Gasteiger partial charge in [0.25, 0.3) is 11.4 Å². The van der Waals surface area contributed by atoms with Crippen LogP contribution >= 0.6 is 0 Å². The van der Waals surface area contributed by atoms with Crippen molar-refractivity contribution in [2.45, 2.75) is 38.8 Å². The predicted octanol–water partition coefficient (Wildman–Crippen LogP) is 2.58. The van der Waals surface area contributed by atoms with Gasteiger partial charge in [-0.15, -0.1) is 0 Å². The minimum atomic E-state index is -0.387. The van der Waals surface area contributed by atoms with Crippen LogP contribution in [0.5, 0.6) is 0 Å². The summed E-state index contributed by atoms with van der Waals surface area (Å²) in [5.74, 6) is 7.28. The van der Waals surface area contributed by atoms with Crippen LogP contribution in [0.15, 0.2) is 39.8 Å². The minimum absolute atomic E-state index is 0.0781. The van der Waals surface area contributed by atoms with Crippen molar-refractivity contribution in [3.63, 3.8) is 0 Å². The van der Waals surface area contributed by atoms with Gasteiger partial charge in [0.1, 0.15) is 23.8 Å². The molecule has 1 aromatic carbocycles. The Hall–Kier alpha value is -4.23. The SMILES string of the molecule is Cc1noc(-c2c(N)ccnc2N[C@@H](C)c2nc3cccc(C#CCO)c3c(=O)n2C2CC2)n1. The molecule has 34 heavy (non-hydrogen) atoms. The van der Waals surface area contributed by atoms with Gasteiger partial charge in [0.05, 0.1) is 16.9 Å². The van der Waals surface area contributed by atoms with Crippen molar-refractivity contribution >= 4 is 22.4 Å². The quantitative estimate of drug-likeness (QED) is 0.385. The second-order valence-corrected chi connectivity index (χ2v) is 8.17. The van der Waals surface area contributed by atoms with Crippen molar-refractivity contribution in [3.8, 4) is 23.3 Å². The first-order valence-electron chi connectivity index (χ1n) is 10.9. The van der Waals surface area contributed by atoms with Crippen molar-refractivity contribution in [1.29, 1.82) is 0 Å². The van der Waals surface area contributed by atoms with Gasteiger partial charge in [-0.25, -0.2) is 9.97 Å². The van der Waals surface area contributed by atoms with Gasteiger partial charge in [0, 0.05) is 23.5 Å². The van der Waals surface area contributed by atoms with Crippen LogP contribution < -0.4 is 16.6 Å². The number of aliphatic hydroxyl groups is 1. The Morgan fingerprint density at radius 2 is 2.15 bits per heavy atom. The summed E-state index contributed by atoms with van der Waals surface area (Å²) in [6.07, 6.45) is 3.39. The molecule has 1 saturated carbocycles. The Morgan fingerprint density at radius 1 is 1.32 bits per heavy atom. The second kappa shape index (κ2) is 8.61. The average molecular weight is 457 g/mol. The molecule has 1 aliphatic rings. The largest absolute Gasteiger partial charge is 0.398 e. The van der Waals surface area contributed by atoms with E-state index in [2.05, 4.69) is 32.3 Å². The number of aliphatic hydroxyl groups excluding tert-OH is 1. The molecule has 0 spiro atoms. The average Bonchev–Trinajstić information content (AvgIpc) is 3.57. The number of nitrogens with one attached hydrogen (secondary N) is 1. The summed E-state index contributed by atoms with van der Waals surface area (Å²) in [5, 5.41) is 16.7. The number of pyridine rings is 1. The molecule has 0 aliphatic heterocycles. The molecule has 0 amide bonds. The number of aromatic nitrogens is 5. The fourth-order valence-electron chi connectivity index (χ4n) is 3.97. The number of hydrogen-bond donors (Lipinski definition) is 3. The van der Waals surface area contributed by atoms with Gasteiger partial charge in [-0.2, -0.15) is 4.98 Å². The third kappa shape index (κ3) is 3.86. The van der Waals surface area contributed by atoms with Crippen LogP contribution in [0.3, 0.4) is 0 Å². The molecule has 4 aromatic rings. The second-order valence-electron chi connectivity index (χ2n) is 8.17. The van der Waals surface area contributed by atoms with E-state index in [-0.39, 0.29) is 30.1 Å². The number of nitrogens with zero attached hydrogens (tertiary/aromatic N) is 5. The summed E-state index contributed by atoms with van der Waals surface area (Å²) < 4.78 is 7.07. The maximum atomic E-state index is 13.6. The number of rotatable bonds is 5. The van der Waals surface area contributed by atoms with E-state index >= 15 is 0 Å². The predicted molar refractivity (Wildman–Crippen MR) is 127 cm³/mol. The van der Waals surface area contributed by atoms with E-state index in [1.807, 2.05) is 6.92 Å². The van der Waals surface area contributed by atoms with Gasteiger partial charge in [0.2, 0.25) is 0 Å². The Morgan fingerprint density at radius 3 is 2.85 bits per heavy atom. The fourth-order valence-corrected chi connectivity index (χ4v) is 3.97. The van der Waals surface area contributed by atoms with Gasteiger partial charge in [0.15, 0.2) is 5.82 Å². The number of anilines is 2. The molecule has 0 unspecified atom stereocenters. The molecule has 10 nitrogen and oxygen atoms in total. The maximum Gasteiger partial charge on any atom is 0.263 e. The molecule has 10 heteroatoms. The molecule has 3 aromatic heterocycles. The third-order valence-corrected chi connectivity index (χ3v) is 5.64. The lowest BCUT2D eigenvalue weighted by molar-refractivity contribution is 0.350. The number of nitrogen functional groups attached to an aromatic ring is 1. The Bertz CT molecular complexity index is 1510. The van der Waals surface area contributed by atoms with Crippen LogP contribution in [0.4, 0.5) is 11.5 Å². The smallest absolute Gasteiger partial charge is 0.263 e. The van der Waals surface area contributed by atoms with Gasteiger partial charge in [-0.1, -0.05) is 23.1 Å². The topological polar surface area (TPSA) is 145 Å². The van der Waals surface area contributed by atoms with Crippen molar-refractivity contribution in [3.05, 3.63) is 58.0 Å². The molecule has 5 rings (SSSR count). The Labute approximate surface area is 194 Å². The third-order valence-electron chi connectivity index (χ3n) is 5.64. The normalized spacial score (nSPS) is 14.0. The standard InChI is InChI=1S/C24H23N7O3/c1-13(27-21-20(17(25)10-11-26-21)23-28-14(2)30-34-23)22-29-18-7-3-5-15(6-4-12-32)19(18)24(33)31(22)16-8-9-16/h3,5,7,10-11,13,16,32H,8-9,12H2,1-2H3,(H3,25,26,27)/t13-/m0/s1. The number of hydrogen-bond acceptors (Lipinski definition) is 9. The molecule has 4 N–H and O–H groups in total. The fraction of sp³-hybridized carbons (Fsp3) is 0.292. The number of fused-ring (bicyclic) bond motifs is 1. The highest BCUT2D eigenvalue weighted by Crippen LogP contribution is 2.37. The lowest BCUT2D eigenvalue weighted by Crippen LogP contribution is -2.28. The molecule has 1 aliphatic carbocycles. The highest BCUT2D eigenvalue weighted by Gasteiger charge is 2.31. The van der Waals surface area contributed by atoms with Crippen LogP contribution in [0, 0.1) is 18.8 Å². The number of nitrogens with two attached hydrogens (primary N) is 1. The van der Waals surface area contributed by atoms with E-state index in [9.17, 15) is 4.79 Å². The monoisotopic (exact) mass is 457 g/mol. The van der Waals surface area contributed by atoms with Gasteiger partial charge < -0.3 is 20.7 Å². The number of aryl methyl sites for hydroxylation is 1. The van der Waals surface area contributed by atoms with Gasteiger partial charge >= 0.3 is 0 Å². The van der Waals surface area contributed by atoms with Crippen LogP contribution in [0.2, 0.25) is 0 Å². The van der Waals surface area contributed by atoms with E-state index in [1.54, 1.807) is 42.0 Å². The molecule has 1 atom stereocenters. The summed E-state index contributed by atoms with van der Waals surface area (Å²) in [4.78, 5) is 27.2. The zero-order valence-corrected chi connectivity index (χ0v) is 18.7. The first-order valence-corrected chi connectivity index (χ1v) is 10.9. The molecule has 0 radical (unpaired) electrons. The van der Waals surface area contributed by atoms with Crippen LogP contribution in [0.25, 0.3) is 22.4 Å². The lowest BCUT2D eigenvalue weighted by Gasteiger charge is -2.21.